The molecule has 2 nitrogen and oxygen atoms in total. The molecule has 0 amide bonds. The van der Waals surface area contributed by atoms with Gasteiger partial charge in [-0.2, -0.15) is 0 Å². The number of rotatable bonds is 3. The van der Waals surface area contributed by atoms with Gasteiger partial charge in [-0.3, -0.25) is 0 Å². The van der Waals surface area contributed by atoms with E-state index in [1.54, 1.807) is 0 Å². The van der Waals surface area contributed by atoms with Gasteiger partial charge in [-0.05, 0) is 6.42 Å². The van der Waals surface area contributed by atoms with Crippen molar-refractivity contribution in [3.05, 3.63) is 7.11 Å². The highest BCUT2D eigenvalue weighted by atomic mass is 16.5. The Morgan fingerprint density at radius 1 is 1.67 bits per heavy atom. The second-order valence-corrected chi connectivity index (χ2v) is 2.69. The first-order valence-electron chi connectivity index (χ1n) is 3.28. The first kappa shape index (κ1) is 7.03. The summed E-state index contributed by atoms with van der Waals surface area (Å²) in [7, 11) is 3.34. The van der Waals surface area contributed by atoms with Crippen LogP contribution < -0.4 is 0 Å². The van der Waals surface area contributed by atoms with Gasteiger partial charge in [0.05, 0.1) is 26.9 Å². The minimum atomic E-state index is 0.307. The van der Waals surface area contributed by atoms with Gasteiger partial charge in [0.2, 0.25) is 0 Å². The van der Waals surface area contributed by atoms with Gasteiger partial charge in [0.25, 0.3) is 0 Å². The quantitative estimate of drug-likeness (QED) is 0.570. The summed E-state index contributed by atoms with van der Waals surface area (Å²) in [6, 6.07) is 0. The molecule has 0 spiro atoms. The molecular weight excluding hydrogens is 116 g/mol. The fourth-order valence-electron chi connectivity index (χ4n) is 0.997. The third-order valence-electron chi connectivity index (χ3n) is 1.97. The second kappa shape index (κ2) is 2.67. The summed E-state index contributed by atoms with van der Waals surface area (Å²) in [6.45, 7) is 4.59. The van der Waals surface area contributed by atoms with Crippen LogP contribution in [0.3, 0.4) is 0 Å². The van der Waals surface area contributed by atoms with Crippen molar-refractivity contribution < 1.29 is 9.47 Å². The molecule has 1 rings (SSSR count). The van der Waals surface area contributed by atoms with E-state index in [9.17, 15) is 0 Å². The van der Waals surface area contributed by atoms with E-state index in [1.807, 2.05) is 0 Å². The molecule has 0 aromatic heterocycles. The molecule has 0 saturated carbocycles. The van der Waals surface area contributed by atoms with Gasteiger partial charge in [-0.25, -0.2) is 0 Å². The molecule has 0 N–H and O–H groups in total. The fourth-order valence-corrected chi connectivity index (χ4v) is 0.997. The van der Waals surface area contributed by atoms with Gasteiger partial charge >= 0.3 is 0 Å². The summed E-state index contributed by atoms with van der Waals surface area (Å²) < 4.78 is 9.88. The molecule has 1 heterocycles. The maximum absolute atomic E-state index is 5.07. The van der Waals surface area contributed by atoms with Gasteiger partial charge in [0, 0.05) is 5.41 Å². The van der Waals surface area contributed by atoms with Crippen molar-refractivity contribution >= 4 is 0 Å². The van der Waals surface area contributed by atoms with E-state index in [0.717, 1.165) is 26.2 Å². The normalized spacial score (nSPS) is 23.3. The molecule has 0 unspecified atom stereocenters. The van der Waals surface area contributed by atoms with Crippen molar-refractivity contribution in [1.29, 1.82) is 0 Å². The molecule has 0 aliphatic carbocycles. The number of hydrogen-bond donors (Lipinski definition) is 0. The Balaban J connectivity index is 2.28. The van der Waals surface area contributed by atoms with Gasteiger partial charge in [-0.15, -0.1) is 0 Å². The summed E-state index contributed by atoms with van der Waals surface area (Å²) in [5, 5.41) is 0. The van der Waals surface area contributed by atoms with Crippen molar-refractivity contribution in [3.63, 3.8) is 0 Å². The number of ether oxygens (including phenoxy) is 2. The van der Waals surface area contributed by atoms with E-state index in [4.69, 9.17) is 9.47 Å². The van der Waals surface area contributed by atoms with Crippen molar-refractivity contribution in [2.24, 2.45) is 5.41 Å². The van der Waals surface area contributed by atoms with Crippen LogP contribution in [0.2, 0.25) is 0 Å². The van der Waals surface area contributed by atoms with Crippen LogP contribution in [-0.4, -0.2) is 19.8 Å². The summed E-state index contributed by atoms with van der Waals surface area (Å²) in [6.07, 6.45) is 1.13. The van der Waals surface area contributed by atoms with Gasteiger partial charge in [0.15, 0.2) is 0 Å². The average molecular weight is 129 g/mol. The van der Waals surface area contributed by atoms with Crippen LogP contribution in [0.1, 0.15) is 13.3 Å². The zero-order valence-electron chi connectivity index (χ0n) is 5.85. The third-order valence-corrected chi connectivity index (χ3v) is 1.97. The van der Waals surface area contributed by atoms with E-state index >= 15 is 0 Å². The Morgan fingerprint density at radius 2 is 2.33 bits per heavy atom. The third kappa shape index (κ3) is 1.25. The van der Waals surface area contributed by atoms with Crippen molar-refractivity contribution in [3.8, 4) is 0 Å². The molecular formula is C7H13O2. The monoisotopic (exact) mass is 129 g/mol. The lowest BCUT2D eigenvalue weighted by Crippen LogP contribution is -2.45. The van der Waals surface area contributed by atoms with Gasteiger partial charge in [0.1, 0.15) is 0 Å². The van der Waals surface area contributed by atoms with Gasteiger partial charge in [-0.1, -0.05) is 6.92 Å². The Bertz CT molecular complexity index is 81.4. The lowest BCUT2D eigenvalue weighted by molar-refractivity contribution is -0.140. The molecule has 1 saturated heterocycles. The molecule has 9 heavy (non-hydrogen) atoms. The Kier molecular flexibility index (Phi) is 2.09. The van der Waals surface area contributed by atoms with Crippen LogP contribution in [0, 0.1) is 12.5 Å². The molecule has 53 valence electrons. The molecule has 0 atom stereocenters. The average Bonchev–Trinajstić information content (AvgIpc) is 1.79. The lowest BCUT2D eigenvalue weighted by Gasteiger charge is -2.39. The van der Waals surface area contributed by atoms with Crippen LogP contribution in [0.25, 0.3) is 0 Å². The molecule has 0 bridgehead atoms. The first-order chi connectivity index (χ1) is 4.33. The van der Waals surface area contributed by atoms with E-state index in [-0.39, 0.29) is 0 Å². The Morgan fingerprint density at radius 3 is 2.44 bits per heavy atom. The van der Waals surface area contributed by atoms with Crippen molar-refractivity contribution in [2.45, 2.75) is 13.3 Å². The summed E-state index contributed by atoms with van der Waals surface area (Å²) >= 11 is 0. The van der Waals surface area contributed by atoms with Crippen LogP contribution in [0.5, 0.6) is 0 Å². The lowest BCUT2D eigenvalue weighted by atomic mass is 9.84. The second-order valence-electron chi connectivity index (χ2n) is 2.69. The Hall–Kier alpha value is -0.0800. The zero-order chi connectivity index (χ0) is 6.74. The van der Waals surface area contributed by atoms with Crippen LogP contribution >= 0.6 is 0 Å². The maximum Gasteiger partial charge on any atom is 0.0700 e. The van der Waals surface area contributed by atoms with E-state index < -0.39 is 0 Å². The van der Waals surface area contributed by atoms with Crippen molar-refractivity contribution in [2.75, 3.05) is 19.8 Å². The standard InChI is InChI=1S/C7H13O2/c1-3-7(4-8-2)5-9-6-7/h2-6H2,1H3. The van der Waals surface area contributed by atoms with Gasteiger partial charge < -0.3 is 9.47 Å². The highest BCUT2D eigenvalue weighted by molar-refractivity contribution is 4.83. The van der Waals surface area contributed by atoms with E-state index in [1.165, 1.54) is 0 Å². The molecule has 1 aliphatic heterocycles. The predicted molar refractivity (Wildman–Crippen MR) is 34.9 cm³/mol. The highest BCUT2D eigenvalue weighted by Gasteiger charge is 2.36. The molecule has 0 aromatic rings. The predicted octanol–water partition coefficient (Wildman–Crippen LogP) is 1.22. The molecule has 2 heteroatoms. The van der Waals surface area contributed by atoms with E-state index in [2.05, 4.69) is 14.0 Å². The fraction of sp³-hybridized carbons (Fsp3) is 0.857. The zero-order valence-corrected chi connectivity index (χ0v) is 5.85. The molecule has 1 fully saturated rings. The summed E-state index contributed by atoms with van der Waals surface area (Å²) in [5.74, 6) is 0. The summed E-state index contributed by atoms with van der Waals surface area (Å²) in [4.78, 5) is 0. The maximum atomic E-state index is 5.07. The van der Waals surface area contributed by atoms with E-state index in [0.29, 0.717) is 5.41 Å². The van der Waals surface area contributed by atoms with Crippen molar-refractivity contribution in [1.82, 2.24) is 0 Å². The minimum Gasteiger partial charge on any atom is -0.380 e. The highest BCUT2D eigenvalue weighted by Crippen LogP contribution is 2.30. The van der Waals surface area contributed by atoms with Crippen LogP contribution in [-0.2, 0) is 9.47 Å². The first-order valence-corrected chi connectivity index (χ1v) is 3.28. The molecule has 1 radical (unpaired) electrons. The SMILES string of the molecule is [CH2]OCC1(CC)COC1. The minimum absolute atomic E-state index is 0.307. The molecule has 0 aromatic carbocycles. The topological polar surface area (TPSA) is 18.5 Å². The Labute approximate surface area is 56.2 Å². The van der Waals surface area contributed by atoms with Crippen LogP contribution in [0.15, 0.2) is 0 Å². The number of hydrogen-bond acceptors (Lipinski definition) is 2. The van der Waals surface area contributed by atoms with Crippen LogP contribution in [0.4, 0.5) is 0 Å². The summed E-state index contributed by atoms with van der Waals surface area (Å²) in [5.41, 5.74) is 0.307. The molecule has 1 aliphatic rings. The largest absolute Gasteiger partial charge is 0.380 e. The smallest absolute Gasteiger partial charge is 0.0700 e.